The molecule has 1 aliphatic heterocycles. The summed E-state index contributed by atoms with van der Waals surface area (Å²) >= 11 is 0. The Labute approximate surface area is 163 Å². The number of anilines is 2. The number of carbonyl (C=O) groups excluding carboxylic acids is 1. The third-order valence-electron chi connectivity index (χ3n) is 4.85. The Hall–Kier alpha value is -3.42. The zero-order valence-electron chi connectivity index (χ0n) is 15.6. The highest BCUT2D eigenvalue weighted by molar-refractivity contribution is 5.92. The second kappa shape index (κ2) is 8.08. The zero-order valence-corrected chi connectivity index (χ0v) is 15.6. The van der Waals surface area contributed by atoms with E-state index < -0.39 is 0 Å². The summed E-state index contributed by atoms with van der Waals surface area (Å²) in [6.07, 6.45) is 5.19. The van der Waals surface area contributed by atoms with Gasteiger partial charge in [-0.05, 0) is 31.0 Å². The van der Waals surface area contributed by atoms with E-state index in [9.17, 15) is 4.79 Å². The molecule has 0 radical (unpaired) electrons. The van der Waals surface area contributed by atoms with Gasteiger partial charge in [-0.15, -0.1) is 0 Å². The Kier molecular flexibility index (Phi) is 5.18. The fraction of sp³-hybridized carbons (Fsp3) is 0.300. The number of aromatic nitrogens is 4. The molecule has 1 fully saturated rings. The van der Waals surface area contributed by atoms with Crippen LogP contribution in [0.5, 0.6) is 5.75 Å². The summed E-state index contributed by atoms with van der Waals surface area (Å²) in [7, 11) is 1.63. The molecular formula is C20H22N6O2. The van der Waals surface area contributed by atoms with Gasteiger partial charge in [0.1, 0.15) is 5.75 Å². The number of hydrogen-bond donors (Lipinski definition) is 2. The van der Waals surface area contributed by atoms with Crippen LogP contribution in [-0.4, -0.2) is 46.3 Å². The normalized spacial score (nSPS) is 16.6. The van der Waals surface area contributed by atoms with Crippen LogP contribution in [0.15, 0.2) is 48.8 Å². The van der Waals surface area contributed by atoms with E-state index in [0.29, 0.717) is 18.3 Å². The molecule has 1 aliphatic rings. The molecule has 8 nitrogen and oxygen atoms in total. The van der Waals surface area contributed by atoms with Gasteiger partial charge in [-0.2, -0.15) is 5.10 Å². The molecule has 0 saturated carbocycles. The Morgan fingerprint density at radius 2 is 2.07 bits per heavy atom. The van der Waals surface area contributed by atoms with Crippen molar-refractivity contribution in [1.82, 2.24) is 20.2 Å². The van der Waals surface area contributed by atoms with E-state index in [-0.39, 0.29) is 11.8 Å². The summed E-state index contributed by atoms with van der Waals surface area (Å²) in [5, 5.41) is 10.1. The minimum absolute atomic E-state index is 0.0429. The first kappa shape index (κ1) is 18.0. The first-order valence-electron chi connectivity index (χ1n) is 9.26. The van der Waals surface area contributed by atoms with Gasteiger partial charge in [-0.25, -0.2) is 9.97 Å². The number of nitrogens with one attached hydrogen (secondary N) is 2. The number of benzene rings is 1. The molecule has 2 aromatic heterocycles. The van der Waals surface area contributed by atoms with Crippen molar-refractivity contribution in [3.8, 4) is 17.0 Å². The van der Waals surface area contributed by atoms with Crippen molar-refractivity contribution < 1.29 is 9.53 Å². The van der Waals surface area contributed by atoms with E-state index >= 15 is 0 Å². The predicted molar refractivity (Wildman–Crippen MR) is 106 cm³/mol. The molecular weight excluding hydrogens is 356 g/mol. The minimum atomic E-state index is -0.135. The number of rotatable bonds is 5. The predicted octanol–water partition coefficient (Wildman–Crippen LogP) is 2.73. The summed E-state index contributed by atoms with van der Waals surface area (Å²) in [6.45, 7) is 1.45. The van der Waals surface area contributed by atoms with Gasteiger partial charge in [0.05, 0.1) is 18.7 Å². The maximum absolute atomic E-state index is 12.8. The van der Waals surface area contributed by atoms with Crippen LogP contribution in [0.3, 0.4) is 0 Å². The van der Waals surface area contributed by atoms with Crippen LogP contribution in [0.1, 0.15) is 12.8 Å². The van der Waals surface area contributed by atoms with Gasteiger partial charge in [-0.3, -0.25) is 9.89 Å². The highest BCUT2D eigenvalue weighted by Gasteiger charge is 2.27. The molecule has 1 unspecified atom stereocenters. The fourth-order valence-corrected chi connectivity index (χ4v) is 3.45. The van der Waals surface area contributed by atoms with Crippen molar-refractivity contribution in [2.45, 2.75) is 12.8 Å². The molecule has 0 bridgehead atoms. The number of para-hydroxylation sites is 1. The molecule has 1 atom stereocenters. The lowest BCUT2D eigenvalue weighted by molar-refractivity contribution is -0.120. The molecule has 28 heavy (non-hydrogen) atoms. The van der Waals surface area contributed by atoms with Gasteiger partial charge in [0.25, 0.3) is 0 Å². The summed E-state index contributed by atoms with van der Waals surface area (Å²) in [6, 6.07) is 11.3. The fourth-order valence-electron chi connectivity index (χ4n) is 3.45. The van der Waals surface area contributed by atoms with Crippen molar-refractivity contribution >= 4 is 17.7 Å². The molecule has 8 heteroatoms. The van der Waals surface area contributed by atoms with Gasteiger partial charge in [0, 0.05) is 37.1 Å². The average molecular weight is 378 g/mol. The lowest BCUT2D eigenvalue weighted by Gasteiger charge is -2.31. The van der Waals surface area contributed by atoms with Crippen molar-refractivity contribution in [3.05, 3.63) is 48.8 Å². The number of H-pyrrole nitrogens is 1. The summed E-state index contributed by atoms with van der Waals surface area (Å²) in [4.78, 5) is 23.4. The van der Waals surface area contributed by atoms with Crippen LogP contribution in [0.25, 0.3) is 11.3 Å². The smallest absolute Gasteiger partial charge is 0.230 e. The van der Waals surface area contributed by atoms with E-state index in [2.05, 4.69) is 30.4 Å². The van der Waals surface area contributed by atoms with Crippen LogP contribution in [-0.2, 0) is 4.79 Å². The quantitative estimate of drug-likeness (QED) is 0.709. The van der Waals surface area contributed by atoms with Crippen molar-refractivity contribution in [2.75, 3.05) is 30.4 Å². The molecule has 3 heterocycles. The second-order valence-electron chi connectivity index (χ2n) is 6.69. The van der Waals surface area contributed by atoms with Crippen LogP contribution in [0.2, 0.25) is 0 Å². The lowest BCUT2D eigenvalue weighted by Crippen LogP contribution is -2.41. The third kappa shape index (κ3) is 3.80. The number of carbonyl (C=O) groups is 1. The van der Waals surface area contributed by atoms with Crippen LogP contribution < -0.4 is 15.0 Å². The van der Waals surface area contributed by atoms with Gasteiger partial charge in [0.15, 0.2) is 5.82 Å². The molecule has 1 saturated heterocycles. The highest BCUT2D eigenvalue weighted by atomic mass is 16.5. The number of methoxy groups -OCH3 is 1. The monoisotopic (exact) mass is 378 g/mol. The first-order valence-corrected chi connectivity index (χ1v) is 9.26. The van der Waals surface area contributed by atoms with Crippen LogP contribution in [0, 0.1) is 5.92 Å². The molecule has 1 aromatic carbocycles. The van der Waals surface area contributed by atoms with Gasteiger partial charge in [-0.1, -0.05) is 12.1 Å². The number of piperidine rings is 1. The van der Waals surface area contributed by atoms with Crippen molar-refractivity contribution in [3.63, 3.8) is 0 Å². The zero-order chi connectivity index (χ0) is 19.3. The second-order valence-corrected chi connectivity index (χ2v) is 6.69. The number of amides is 1. The first-order chi connectivity index (χ1) is 13.7. The number of nitrogens with zero attached hydrogens (tertiary/aromatic N) is 4. The van der Waals surface area contributed by atoms with E-state index in [1.807, 2.05) is 30.3 Å². The SMILES string of the molecule is COc1ccccc1-c1cc(NC(=O)C2CCCN(c3ncccn3)C2)n[nH]1. The van der Waals surface area contributed by atoms with Crippen molar-refractivity contribution in [1.29, 1.82) is 0 Å². The molecule has 4 rings (SSSR count). The van der Waals surface area contributed by atoms with E-state index in [0.717, 1.165) is 36.4 Å². The summed E-state index contributed by atoms with van der Waals surface area (Å²) in [5.74, 6) is 1.73. The van der Waals surface area contributed by atoms with Crippen LogP contribution >= 0.6 is 0 Å². The van der Waals surface area contributed by atoms with Gasteiger partial charge < -0.3 is 15.0 Å². The van der Waals surface area contributed by atoms with Crippen molar-refractivity contribution in [2.24, 2.45) is 5.92 Å². The Morgan fingerprint density at radius 1 is 1.25 bits per heavy atom. The van der Waals surface area contributed by atoms with E-state index in [1.54, 1.807) is 25.6 Å². The molecule has 3 aromatic rings. The summed E-state index contributed by atoms with van der Waals surface area (Å²) in [5.41, 5.74) is 1.68. The van der Waals surface area contributed by atoms with Gasteiger partial charge >= 0.3 is 0 Å². The standard InChI is InChI=1S/C20H22N6O2/c1-28-17-8-3-2-7-15(17)16-12-18(25-24-16)23-19(27)14-6-4-11-26(13-14)20-21-9-5-10-22-20/h2-3,5,7-10,12,14H,4,6,11,13H2,1H3,(H2,23,24,25,27). The van der Waals surface area contributed by atoms with E-state index in [4.69, 9.17) is 4.74 Å². The molecule has 2 N–H and O–H groups in total. The number of ether oxygens (including phenoxy) is 1. The van der Waals surface area contributed by atoms with Crippen LogP contribution in [0.4, 0.5) is 11.8 Å². The Bertz CT molecular complexity index is 943. The number of hydrogen-bond acceptors (Lipinski definition) is 6. The largest absolute Gasteiger partial charge is 0.496 e. The van der Waals surface area contributed by atoms with Gasteiger partial charge in [0.2, 0.25) is 11.9 Å². The molecule has 0 spiro atoms. The summed E-state index contributed by atoms with van der Waals surface area (Å²) < 4.78 is 5.39. The molecule has 1 amide bonds. The highest BCUT2D eigenvalue weighted by Crippen LogP contribution is 2.29. The third-order valence-corrected chi connectivity index (χ3v) is 4.85. The Balaban J connectivity index is 1.43. The minimum Gasteiger partial charge on any atom is -0.496 e. The Morgan fingerprint density at radius 3 is 2.89 bits per heavy atom. The molecule has 144 valence electrons. The van der Waals surface area contributed by atoms with E-state index in [1.165, 1.54) is 0 Å². The maximum atomic E-state index is 12.8. The molecule has 0 aliphatic carbocycles. The number of aromatic amines is 1. The maximum Gasteiger partial charge on any atom is 0.230 e. The topological polar surface area (TPSA) is 96.0 Å². The average Bonchev–Trinajstić information content (AvgIpc) is 3.22. The lowest BCUT2D eigenvalue weighted by atomic mass is 9.97.